The van der Waals surface area contributed by atoms with Crippen LogP contribution < -0.4 is 10.2 Å². The van der Waals surface area contributed by atoms with E-state index in [4.69, 9.17) is 4.42 Å². The molecule has 1 fully saturated rings. The average molecular weight is 405 g/mol. The maximum atomic E-state index is 12.5. The van der Waals surface area contributed by atoms with Gasteiger partial charge in [-0.2, -0.15) is 4.98 Å². The molecule has 6 nitrogen and oxygen atoms in total. The number of carbonyl (C=O) groups is 2. The SMILES string of the molecule is CC(=O)c1ccc(N2CCC(CC(=O)Nc3nc4cc(C)cc(C)c4o3)CC2)cc1. The summed E-state index contributed by atoms with van der Waals surface area (Å²) in [5.74, 6) is 0.363. The molecule has 1 aromatic heterocycles. The fourth-order valence-corrected chi connectivity index (χ4v) is 4.16. The highest BCUT2D eigenvalue weighted by molar-refractivity contribution is 5.94. The number of piperidine rings is 1. The van der Waals surface area contributed by atoms with E-state index < -0.39 is 0 Å². The lowest BCUT2D eigenvalue weighted by molar-refractivity contribution is -0.117. The average Bonchev–Trinajstić information content (AvgIpc) is 3.11. The number of hydrogen-bond donors (Lipinski definition) is 1. The number of ketones is 1. The van der Waals surface area contributed by atoms with Crippen LogP contribution in [0.25, 0.3) is 11.1 Å². The molecule has 1 aliphatic heterocycles. The number of fused-ring (bicyclic) bond motifs is 1. The molecule has 0 saturated carbocycles. The van der Waals surface area contributed by atoms with Crippen LogP contribution in [-0.4, -0.2) is 29.8 Å². The molecule has 4 rings (SSSR count). The summed E-state index contributed by atoms with van der Waals surface area (Å²) in [5, 5.41) is 2.82. The molecule has 0 aliphatic carbocycles. The van der Waals surface area contributed by atoms with Crippen molar-refractivity contribution < 1.29 is 14.0 Å². The van der Waals surface area contributed by atoms with Crippen LogP contribution in [0.5, 0.6) is 0 Å². The lowest BCUT2D eigenvalue weighted by Crippen LogP contribution is -2.34. The molecule has 2 aromatic carbocycles. The van der Waals surface area contributed by atoms with Gasteiger partial charge in [0.1, 0.15) is 5.52 Å². The molecule has 30 heavy (non-hydrogen) atoms. The zero-order valence-electron chi connectivity index (χ0n) is 17.7. The number of oxazole rings is 1. The van der Waals surface area contributed by atoms with Gasteiger partial charge in [-0.25, -0.2) is 0 Å². The van der Waals surface area contributed by atoms with Crippen LogP contribution in [0.2, 0.25) is 0 Å². The smallest absolute Gasteiger partial charge is 0.302 e. The van der Waals surface area contributed by atoms with E-state index >= 15 is 0 Å². The maximum absolute atomic E-state index is 12.5. The topological polar surface area (TPSA) is 75.4 Å². The van der Waals surface area contributed by atoms with Gasteiger partial charge in [-0.3, -0.25) is 14.9 Å². The Labute approximate surface area is 176 Å². The van der Waals surface area contributed by atoms with Crippen molar-refractivity contribution in [1.82, 2.24) is 4.98 Å². The van der Waals surface area contributed by atoms with Crippen molar-refractivity contribution in [2.75, 3.05) is 23.3 Å². The molecule has 1 N–H and O–H groups in total. The van der Waals surface area contributed by atoms with E-state index in [0.717, 1.165) is 59.4 Å². The van der Waals surface area contributed by atoms with Crippen molar-refractivity contribution >= 4 is 34.5 Å². The molecular weight excluding hydrogens is 378 g/mol. The third-order valence-corrected chi connectivity index (χ3v) is 5.79. The Morgan fingerprint density at radius 2 is 1.83 bits per heavy atom. The second-order valence-electron chi connectivity index (χ2n) is 8.23. The highest BCUT2D eigenvalue weighted by Gasteiger charge is 2.22. The van der Waals surface area contributed by atoms with E-state index in [1.807, 2.05) is 50.2 Å². The summed E-state index contributed by atoms with van der Waals surface area (Å²) in [4.78, 5) is 30.7. The van der Waals surface area contributed by atoms with Gasteiger partial charge < -0.3 is 9.32 Å². The fraction of sp³-hybridized carbons (Fsp3) is 0.375. The van der Waals surface area contributed by atoms with E-state index in [-0.39, 0.29) is 17.7 Å². The minimum absolute atomic E-state index is 0.0554. The third-order valence-electron chi connectivity index (χ3n) is 5.79. The number of nitrogens with one attached hydrogen (secondary N) is 1. The fourth-order valence-electron chi connectivity index (χ4n) is 4.16. The van der Waals surface area contributed by atoms with Gasteiger partial charge >= 0.3 is 6.01 Å². The minimum Gasteiger partial charge on any atom is -0.423 e. The Hall–Kier alpha value is -3.15. The van der Waals surface area contributed by atoms with Crippen LogP contribution in [0, 0.1) is 19.8 Å². The number of carbonyl (C=O) groups excluding carboxylic acids is 2. The van der Waals surface area contributed by atoms with Crippen molar-refractivity contribution in [3.8, 4) is 0 Å². The van der Waals surface area contributed by atoms with Crippen LogP contribution in [0.1, 0.15) is 47.7 Å². The number of aromatic nitrogens is 1. The van der Waals surface area contributed by atoms with Crippen LogP contribution in [-0.2, 0) is 4.79 Å². The van der Waals surface area contributed by atoms with Crippen molar-refractivity contribution in [2.24, 2.45) is 5.92 Å². The normalized spacial score (nSPS) is 14.8. The Morgan fingerprint density at radius 3 is 2.50 bits per heavy atom. The van der Waals surface area contributed by atoms with Crippen LogP contribution in [0.3, 0.4) is 0 Å². The van der Waals surface area contributed by atoms with Crippen LogP contribution in [0.15, 0.2) is 40.8 Å². The lowest BCUT2D eigenvalue weighted by Gasteiger charge is -2.33. The van der Waals surface area contributed by atoms with Crippen LogP contribution >= 0.6 is 0 Å². The maximum Gasteiger partial charge on any atom is 0.302 e. The molecule has 156 valence electrons. The van der Waals surface area contributed by atoms with Gasteiger partial charge in [0.2, 0.25) is 5.91 Å². The van der Waals surface area contributed by atoms with Gasteiger partial charge in [0.15, 0.2) is 11.4 Å². The van der Waals surface area contributed by atoms with Gasteiger partial charge in [-0.05, 0) is 81.0 Å². The molecule has 1 amide bonds. The van der Waals surface area contributed by atoms with E-state index in [1.165, 1.54) is 0 Å². The first-order valence-electron chi connectivity index (χ1n) is 10.4. The predicted molar refractivity (Wildman–Crippen MR) is 118 cm³/mol. The van der Waals surface area contributed by atoms with Crippen molar-refractivity contribution in [3.05, 3.63) is 53.1 Å². The molecule has 1 aliphatic rings. The molecule has 6 heteroatoms. The van der Waals surface area contributed by atoms with Crippen molar-refractivity contribution in [3.63, 3.8) is 0 Å². The van der Waals surface area contributed by atoms with E-state index in [0.29, 0.717) is 12.3 Å². The van der Waals surface area contributed by atoms with Crippen molar-refractivity contribution in [2.45, 2.75) is 40.0 Å². The van der Waals surface area contributed by atoms with E-state index in [2.05, 4.69) is 15.2 Å². The van der Waals surface area contributed by atoms with Gasteiger partial charge in [0.05, 0.1) is 0 Å². The van der Waals surface area contributed by atoms with Crippen molar-refractivity contribution in [1.29, 1.82) is 0 Å². The molecule has 0 unspecified atom stereocenters. The second kappa shape index (κ2) is 8.30. The number of nitrogens with zero attached hydrogens (tertiary/aromatic N) is 2. The van der Waals surface area contributed by atoms with Gasteiger partial charge in [-0.15, -0.1) is 0 Å². The number of hydrogen-bond acceptors (Lipinski definition) is 5. The lowest BCUT2D eigenvalue weighted by atomic mass is 9.93. The number of aryl methyl sites for hydroxylation is 2. The second-order valence-corrected chi connectivity index (χ2v) is 8.23. The number of amides is 1. The molecule has 0 spiro atoms. The Bertz CT molecular complexity index is 1080. The monoisotopic (exact) mass is 405 g/mol. The molecule has 3 aromatic rings. The molecule has 0 bridgehead atoms. The van der Waals surface area contributed by atoms with E-state index in [1.54, 1.807) is 6.92 Å². The Morgan fingerprint density at radius 1 is 1.13 bits per heavy atom. The van der Waals surface area contributed by atoms with Crippen LogP contribution in [0.4, 0.5) is 11.7 Å². The number of Topliss-reactive ketones (excluding diaryl/α,β-unsaturated/α-hetero) is 1. The highest BCUT2D eigenvalue weighted by atomic mass is 16.4. The standard InChI is InChI=1S/C24H27N3O3/c1-15-12-16(2)23-21(13-15)25-24(30-23)26-22(29)14-18-8-10-27(11-9-18)20-6-4-19(5-7-20)17(3)28/h4-7,12-13,18H,8-11,14H2,1-3H3,(H,25,26,29). The summed E-state index contributed by atoms with van der Waals surface area (Å²) < 4.78 is 5.74. The summed E-state index contributed by atoms with van der Waals surface area (Å²) >= 11 is 0. The van der Waals surface area contributed by atoms with Gasteiger partial charge in [0, 0.05) is 30.8 Å². The first kappa shape index (κ1) is 20.1. The number of anilines is 2. The summed E-state index contributed by atoms with van der Waals surface area (Å²) in [7, 11) is 0. The highest BCUT2D eigenvalue weighted by Crippen LogP contribution is 2.27. The Kier molecular flexibility index (Phi) is 5.57. The van der Waals surface area contributed by atoms with E-state index in [9.17, 15) is 9.59 Å². The number of rotatable bonds is 5. The zero-order valence-corrected chi connectivity index (χ0v) is 17.7. The number of benzene rings is 2. The molecule has 0 radical (unpaired) electrons. The minimum atomic E-state index is -0.0554. The summed E-state index contributed by atoms with van der Waals surface area (Å²) in [6.45, 7) is 7.38. The Balaban J connectivity index is 1.31. The molecule has 0 atom stereocenters. The summed E-state index contributed by atoms with van der Waals surface area (Å²) in [6.07, 6.45) is 2.37. The molecule has 1 saturated heterocycles. The first-order valence-corrected chi connectivity index (χ1v) is 10.4. The summed E-state index contributed by atoms with van der Waals surface area (Å²) in [6, 6.07) is 12.0. The molecular formula is C24H27N3O3. The quantitative estimate of drug-likeness (QED) is 0.612. The third kappa shape index (κ3) is 4.37. The first-order chi connectivity index (χ1) is 14.4. The zero-order chi connectivity index (χ0) is 21.3. The predicted octanol–water partition coefficient (Wildman–Crippen LogP) is 4.89. The largest absolute Gasteiger partial charge is 0.423 e. The molecule has 2 heterocycles. The van der Waals surface area contributed by atoms with Gasteiger partial charge in [-0.1, -0.05) is 6.07 Å². The summed E-state index contributed by atoms with van der Waals surface area (Å²) in [5.41, 5.74) is 5.48. The van der Waals surface area contributed by atoms with Gasteiger partial charge in [0.25, 0.3) is 0 Å².